The van der Waals surface area contributed by atoms with E-state index in [0.717, 1.165) is 11.1 Å². The van der Waals surface area contributed by atoms with Crippen LogP contribution in [0.2, 0.25) is 5.02 Å². The maximum Gasteiger partial charge on any atom is 0.224 e. The van der Waals surface area contributed by atoms with Gasteiger partial charge in [-0.1, -0.05) is 35.9 Å². The van der Waals surface area contributed by atoms with Crippen LogP contribution < -0.4 is 5.43 Å². The van der Waals surface area contributed by atoms with Crippen molar-refractivity contribution in [3.05, 3.63) is 75.5 Å². The van der Waals surface area contributed by atoms with Gasteiger partial charge in [-0.2, -0.15) is 5.10 Å². The first-order valence-corrected chi connectivity index (χ1v) is 8.81. The van der Waals surface area contributed by atoms with Crippen LogP contribution in [0.3, 0.4) is 0 Å². The van der Waals surface area contributed by atoms with Gasteiger partial charge in [-0.05, 0) is 36.8 Å². The zero-order chi connectivity index (χ0) is 18.7. The SMILES string of the molecule is CC(c1cccc(Cl)c1)N(C)C(=O)CCn1ncc(=O)c2ccccc21. The second-order valence-electron chi connectivity index (χ2n) is 6.23. The van der Waals surface area contributed by atoms with Gasteiger partial charge in [-0.15, -0.1) is 0 Å². The molecule has 1 unspecified atom stereocenters. The summed E-state index contributed by atoms with van der Waals surface area (Å²) in [4.78, 5) is 26.2. The molecule has 0 bridgehead atoms. The third-order valence-corrected chi connectivity index (χ3v) is 4.84. The number of hydrogen-bond acceptors (Lipinski definition) is 3. The third kappa shape index (κ3) is 3.78. The minimum absolute atomic E-state index is 0.00190. The van der Waals surface area contributed by atoms with Gasteiger partial charge in [0.2, 0.25) is 11.3 Å². The number of halogens is 1. The highest BCUT2D eigenvalue weighted by atomic mass is 35.5. The first-order chi connectivity index (χ1) is 12.5. The Morgan fingerprint density at radius 1 is 1.23 bits per heavy atom. The van der Waals surface area contributed by atoms with Gasteiger partial charge in [0, 0.05) is 23.9 Å². The van der Waals surface area contributed by atoms with Gasteiger partial charge < -0.3 is 4.90 Å². The highest BCUT2D eigenvalue weighted by molar-refractivity contribution is 6.30. The average molecular weight is 370 g/mol. The van der Waals surface area contributed by atoms with E-state index in [1.807, 2.05) is 49.4 Å². The van der Waals surface area contributed by atoms with Crippen molar-refractivity contribution in [3.8, 4) is 0 Å². The minimum atomic E-state index is -0.116. The summed E-state index contributed by atoms with van der Waals surface area (Å²) in [6, 6.07) is 14.7. The molecule has 2 aromatic carbocycles. The summed E-state index contributed by atoms with van der Waals surface area (Å²) >= 11 is 6.04. The van der Waals surface area contributed by atoms with Crippen molar-refractivity contribution in [3.63, 3.8) is 0 Å². The number of para-hydroxylation sites is 1. The number of rotatable bonds is 5. The van der Waals surface area contributed by atoms with Gasteiger partial charge in [0.05, 0.1) is 24.3 Å². The maximum atomic E-state index is 12.6. The van der Waals surface area contributed by atoms with Crippen LogP contribution in [0.4, 0.5) is 0 Å². The van der Waals surface area contributed by atoms with Gasteiger partial charge in [0.1, 0.15) is 0 Å². The van der Waals surface area contributed by atoms with Crippen molar-refractivity contribution in [2.45, 2.75) is 25.9 Å². The first-order valence-electron chi connectivity index (χ1n) is 8.43. The number of benzene rings is 2. The number of amides is 1. The van der Waals surface area contributed by atoms with Crippen LogP contribution in [0.1, 0.15) is 24.9 Å². The topological polar surface area (TPSA) is 55.2 Å². The third-order valence-electron chi connectivity index (χ3n) is 4.60. The molecule has 0 saturated carbocycles. The van der Waals surface area contributed by atoms with Crippen LogP contribution in [0.5, 0.6) is 0 Å². The highest BCUT2D eigenvalue weighted by Crippen LogP contribution is 2.22. The van der Waals surface area contributed by atoms with E-state index in [9.17, 15) is 9.59 Å². The summed E-state index contributed by atoms with van der Waals surface area (Å²) in [5.74, 6) is 0.00190. The Morgan fingerprint density at radius 3 is 2.77 bits per heavy atom. The van der Waals surface area contributed by atoms with E-state index < -0.39 is 0 Å². The summed E-state index contributed by atoms with van der Waals surface area (Å²) in [5, 5.41) is 5.43. The van der Waals surface area contributed by atoms with Gasteiger partial charge in [-0.25, -0.2) is 0 Å². The number of carbonyl (C=O) groups is 1. The van der Waals surface area contributed by atoms with E-state index in [2.05, 4.69) is 5.10 Å². The monoisotopic (exact) mass is 369 g/mol. The number of fused-ring (bicyclic) bond motifs is 1. The molecule has 134 valence electrons. The number of aromatic nitrogens is 2. The summed E-state index contributed by atoms with van der Waals surface area (Å²) in [7, 11) is 1.78. The van der Waals surface area contributed by atoms with Crippen molar-refractivity contribution in [1.29, 1.82) is 0 Å². The van der Waals surface area contributed by atoms with E-state index in [1.54, 1.807) is 22.7 Å². The predicted molar refractivity (Wildman–Crippen MR) is 103 cm³/mol. The fourth-order valence-corrected chi connectivity index (χ4v) is 3.12. The van der Waals surface area contributed by atoms with Crippen LogP contribution in [0, 0.1) is 0 Å². The summed E-state index contributed by atoms with van der Waals surface area (Å²) < 4.78 is 1.70. The second-order valence-corrected chi connectivity index (χ2v) is 6.67. The molecule has 0 N–H and O–H groups in total. The molecule has 3 rings (SSSR count). The summed E-state index contributed by atoms with van der Waals surface area (Å²) in [6.07, 6.45) is 1.59. The van der Waals surface area contributed by atoms with E-state index in [-0.39, 0.29) is 17.4 Å². The Balaban J connectivity index is 1.73. The number of carbonyl (C=O) groups excluding carboxylic acids is 1. The first kappa shape index (κ1) is 18.1. The number of nitrogens with zero attached hydrogens (tertiary/aromatic N) is 3. The van der Waals surface area contributed by atoms with Gasteiger partial charge in [0.25, 0.3) is 0 Å². The summed E-state index contributed by atoms with van der Waals surface area (Å²) in [5.41, 5.74) is 1.61. The molecule has 26 heavy (non-hydrogen) atoms. The van der Waals surface area contributed by atoms with E-state index in [0.29, 0.717) is 23.4 Å². The molecular formula is C20H20ClN3O2. The predicted octanol–water partition coefficient (Wildman–Crippen LogP) is 3.66. The molecule has 1 atom stereocenters. The van der Waals surface area contributed by atoms with Crippen molar-refractivity contribution in [1.82, 2.24) is 14.7 Å². The van der Waals surface area contributed by atoms with E-state index in [4.69, 9.17) is 11.6 Å². The quantitative estimate of drug-likeness (QED) is 0.689. The molecular weight excluding hydrogens is 350 g/mol. The Bertz CT molecular complexity index is 1000. The Kier molecular flexibility index (Phi) is 5.38. The molecule has 0 aliphatic heterocycles. The highest BCUT2D eigenvalue weighted by Gasteiger charge is 2.18. The molecule has 0 saturated heterocycles. The van der Waals surface area contributed by atoms with Crippen LogP contribution in [0.15, 0.2) is 59.5 Å². The normalized spacial score (nSPS) is 12.1. The van der Waals surface area contributed by atoms with Crippen molar-refractivity contribution < 1.29 is 4.79 Å². The zero-order valence-corrected chi connectivity index (χ0v) is 15.5. The van der Waals surface area contributed by atoms with E-state index >= 15 is 0 Å². The largest absolute Gasteiger partial charge is 0.339 e. The van der Waals surface area contributed by atoms with Crippen LogP contribution >= 0.6 is 11.6 Å². The van der Waals surface area contributed by atoms with Crippen LogP contribution in [-0.4, -0.2) is 27.6 Å². The Morgan fingerprint density at radius 2 is 2.00 bits per heavy atom. The molecule has 1 amide bonds. The Labute approximate surface area is 156 Å². The fourth-order valence-electron chi connectivity index (χ4n) is 2.92. The van der Waals surface area contributed by atoms with E-state index in [1.165, 1.54) is 6.20 Å². The molecule has 0 fully saturated rings. The molecule has 6 heteroatoms. The summed E-state index contributed by atoms with van der Waals surface area (Å²) in [6.45, 7) is 2.38. The van der Waals surface area contributed by atoms with Crippen molar-refractivity contribution >= 4 is 28.4 Å². The number of aryl methyl sites for hydroxylation is 1. The number of hydrogen-bond donors (Lipinski definition) is 0. The molecule has 1 heterocycles. The smallest absolute Gasteiger partial charge is 0.224 e. The van der Waals surface area contributed by atoms with Crippen LogP contribution in [0.25, 0.3) is 10.9 Å². The molecule has 1 aromatic heterocycles. The lowest BCUT2D eigenvalue weighted by molar-refractivity contribution is -0.132. The zero-order valence-electron chi connectivity index (χ0n) is 14.7. The second kappa shape index (κ2) is 7.70. The van der Waals surface area contributed by atoms with Crippen molar-refractivity contribution in [2.75, 3.05) is 7.05 Å². The van der Waals surface area contributed by atoms with Crippen LogP contribution in [-0.2, 0) is 11.3 Å². The molecule has 0 spiro atoms. The lowest BCUT2D eigenvalue weighted by atomic mass is 10.1. The lowest BCUT2D eigenvalue weighted by Gasteiger charge is -2.25. The molecule has 0 radical (unpaired) electrons. The van der Waals surface area contributed by atoms with Gasteiger partial charge in [-0.3, -0.25) is 14.3 Å². The molecule has 3 aromatic rings. The molecule has 5 nitrogen and oxygen atoms in total. The van der Waals surface area contributed by atoms with Gasteiger partial charge in [0.15, 0.2) is 0 Å². The molecule has 0 aliphatic rings. The molecule has 0 aliphatic carbocycles. The maximum absolute atomic E-state index is 12.6. The Hall–Kier alpha value is -2.66. The standard InChI is InChI=1S/C20H20ClN3O2/c1-14(15-6-5-7-16(21)12-15)23(2)20(26)10-11-24-18-9-4-3-8-17(18)19(25)13-22-24/h3-9,12-14H,10-11H2,1-2H3. The fraction of sp³-hybridized carbons (Fsp3) is 0.250. The minimum Gasteiger partial charge on any atom is -0.339 e. The van der Waals surface area contributed by atoms with Crippen molar-refractivity contribution in [2.24, 2.45) is 0 Å². The average Bonchev–Trinajstić information content (AvgIpc) is 2.66. The lowest BCUT2D eigenvalue weighted by Crippen LogP contribution is -2.30. The van der Waals surface area contributed by atoms with Gasteiger partial charge >= 0.3 is 0 Å².